The monoisotopic (exact) mass is 284 g/mol. The molecule has 0 unspecified atom stereocenters. The van der Waals surface area contributed by atoms with Gasteiger partial charge in [-0.2, -0.15) is 15.4 Å². The molecule has 7 heteroatoms. The van der Waals surface area contributed by atoms with Gasteiger partial charge in [0, 0.05) is 19.3 Å². The maximum Gasteiger partial charge on any atom is 0.338 e. The van der Waals surface area contributed by atoms with Crippen LogP contribution < -0.4 is 5.56 Å². The van der Waals surface area contributed by atoms with Gasteiger partial charge in [-0.3, -0.25) is 4.79 Å². The summed E-state index contributed by atoms with van der Waals surface area (Å²) >= 11 is 0. The predicted molar refractivity (Wildman–Crippen MR) is 74.7 cm³/mol. The quantitative estimate of drug-likeness (QED) is 0.725. The first-order valence-electron chi connectivity index (χ1n) is 6.27. The number of benzene rings is 1. The van der Waals surface area contributed by atoms with Crippen molar-refractivity contribution in [3.05, 3.63) is 58.0 Å². The Kier molecular flexibility index (Phi) is 3.23. The van der Waals surface area contributed by atoms with E-state index in [1.807, 2.05) is 6.07 Å². The van der Waals surface area contributed by atoms with Gasteiger partial charge in [-0.1, -0.05) is 6.07 Å². The molecule has 2 heterocycles. The second-order valence-corrected chi connectivity index (χ2v) is 4.59. The van der Waals surface area contributed by atoms with E-state index in [0.29, 0.717) is 5.52 Å². The number of carbonyl (C=O) groups excluding carboxylic acids is 1. The zero-order valence-electron chi connectivity index (χ0n) is 11.2. The molecule has 1 N–H and O–H groups in total. The SMILES string of the molecule is Cn1ccc(C(=O)OCc2ccc3n[nH]nc3c2)cc1=O. The maximum absolute atomic E-state index is 11.9. The van der Waals surface area contributed by atoms with Crippen LogP contribution in [0.3, 0.4) is 0 Å². The Morgan fingerprint density at radius 1 is 1.24 bits per heavy atom. The van der Waals surface area contributed by atoms with Crippen LogP contribution in [0.5, 0.6) is 0 Å². The molecule has 0 fully saturated rings. The lowest BCUT2D eigenvalue weighted by molar-refractivity contribution is 0.0472. The number of esters is 1. The molecule has 0 aliphatic heterocycles. The Labute approximate surface area is 119 Å². The first kappa shape index (κ1) is 13.0. The zero-order chi connectivity index (χ0) is 14.8. The summed E-state index contributed by atoms with van der Waals surface area (Å²) < 4.78 is 6.57. The first-order valence-corrected chi connectivity index (χ1v) is 6.27. The summed E-state index contributed by atoms with van der Waals surface area (Å²) in [5.74, 6) is -0.534. The minimum Gasteiger partial charge on any atom is -0.457 e. The summed E-state index contributed by atoms with van der Waals surface area (Å²) in [5, 5.41) is 10.4. The van der Waals surface area contributed by atoms with E-state index >= 15 is 0 Å². The van der Waals surface area contributed by atoms with E-state index in [4.69, 9.17) is 4.74 Å². The topological polar surface area (TPSA) is 89.9 Å². The summed E-state index contributed by atoms with van der Waals surface area (Å²) in [4.78, 5) is 23.4. The Morgan fingerprint density at radius 3 is 2.86 bits per heavy atom. The Hall–Kier alpha value is -2.96. The molecule has 106 valence electrons. The number of aromatic amines is 1. The van der Waals surface area contributed by atoms with Gasteiger partial charge in [-0.05, 0) is 23.8 Å². The molecule has 0 aliphatic carbocycles. The third-order valence-corrected chi connectivity index (χ3v) is 3.09. The molecule has 0 atom stereocenters. The molecule has 21 heavy (non-hydrogen) atoms. The van der Waals surface area contributed by atoms with E-state index in [1.165, 1.54) is 16.8 Å². The van der Waals surface area contributed by atoms with Crippen LogP contribution in [0.1, 0.15) is 15.9 Å². The lowest BCUT2D eigenvalue weighted by Gasteiger charge is -2.05. The number of carbonyl (C=O) groups is 1. The van der Waals surface area contributed by atoms with Crippen molar-refractivity contribution in [2.75, 3.05) is 0 Å². The molecule has 0 aliphatic rings. The van der Waals surface area contributed by atoms with Crippen LogP contribution in [0, 0.1) is 0 Å². The number of rotatable bonds is 3. The van der Waals surface area contributed by atoms with E-state index in [-0.39, 0.29) is 17.7 Å². The molecule has 3 rings (SSSR count). The predicted octanol–water partition coefficient (Wildman–Crippen LogP) is 1.01. The molecule has 7 nitrogen and oxygen atoms in total. The first-order chi connectivity index (χ1) is 10.1. The summed E-state index contributed by atoms with van der Waals surface area (Å²) in [7, 11) is 1.62. The van der Waals surface area contributed by atoms with Crippen molar-refractivity contribution in [1.82, 2.24) is 20.0 Å². The minimum absolute atomic E-state index is 0.108. The van der Waals surface area contributed by atoms with Gasteiger partial charge < -0.3 is 9.30 Å². The largest absolute Gasteiger partial charge is 0.457 e. The number of pyridine rings is 1. The highest BCUT2D eigenvalue weighted by Gasteiger charge is 2.09. The number of nitrogens with one attached hydrogen (secondary N) is 1. The van der Waals surface area contributed by atoms with Gasteiger partial charge in [0.2, 0.25) is 0 Å². The standard InChI is InChI=1S/C14H12N4O3/c1-18-5-4-10(7-13(18)19)14(20)21-8-9-2-3-11-12(6-9)16-17-15-11/h2-7H,8H2,1H3,(H,15,16,17). The lowest BCUT2D eigenvalue weighted by Crippen LogP contribution is -2.17. The highest BCUT2D eigenvalue weighted by Crippen LogP contribution is 2.12. The fourth-order valence-electron chi connectivity index (χ4n) is 1.88. The molecule has 0 saturated carbocycles. The van der Waals surface area contributed by atoms with Crippen LogP contribution in [-0.2, 0) is 18.4 Å². The van der Waals surface area contributed by atoms with E-state index < -0.39 is 5.97 Å². The normalized spacial score (nSPS) is 10.7. The molecule has 0 saturated heterocycles. The van der Waals surface area contributed by atoms with Crippen molar-refractivity contribution in [2.45, 2.75) is 6.61 Å². The van der Waals surface area contributed by atoms with E-state index in [9.17, 15) is 9.59 Å². The molecule has 0 amide bonds. The molecule has 0 spiro atoms. The fourth-order valence-corrected chi connectivity index (χ4v) is 1.88. The van der Waals surface area contributed by atoms with Gasteiger partial charge in [-0.15, -0.1) is 0 Å². The minimum atomic E-state index is -0.534. The molecule has 3 aromatic rings. The van der Waals surface area contributed by atoms with Crippen LogP contribution >= 0.6 is 0 Å². The molecular formula is C14H12N4O3. The molecular weight excluding hydrogens is 272 g/mol. The van der Waals surface area contributed by atoms with Crippen molar-refractivity contribution in [1.29, 1.82) is 0 Å². The third-order valence-electron chi connectivity index (χ3n) is 3.09. The van der Waals surface area contributed by atoms with Crippen LogP contribution in [0.2, 0.25) is 0 Å². The van der Waals surface area contributed by atoms with Gasteiger partial charge in [0.1, 0.15) is 17.6 Å². The number of hydrogen-bond donors (Lipinski definition) is 1. The van der Waals surface area contributed by atoms with E-state index in [0.717, 1.165) is 11.1 Å². The summed E-state index contributed by atoms with van der Waals surface area (Å²) in [6.45, 7) is 0.108. The number of fused-ring (bicyclic) bond motifs is 1. The van der Waals surface area contributed by atoms with E-state index in [2.05, 4.69) is 15.4 Å². The van der Waals surface area contributed by atoms with Crippen molar-refractivity contribution < 1.29 is 9.53 Å². The average Bonchev–Trinajstić information content (AvgIpc) is 2.95. The van der Waals surface area contributed by atoms with E-state index in [1.54, 1.807) is 25.2 Å². The van der Waals surface area contributed by atoms with Gasteiger partial charge in [0.15, 0.2) is 0 Å². The maximum atomic E-state index is 11.9. The van der Waals surface area contributed by atoms with Crippen molar-refractivity contribution in [3.8, 4) is 0 Å². The van der Waals surface area contributed by atoms with Crippen LogP contribution in [0.15, 0.2) is 41.3 Å². The Morgan fingerprint density at radius 2 is 2.05 bits per heavy atom. The Bertz CT molecular complexity index is 866. The highest BCUT2D eigenvalue weighted by molar-refractivity contribution is 5.89. The highest BCUT2D eigenvalue weighted by atomic mass is 16.5. The molecule has 0 radical (unpaired) electrons. The number of aryl methyl sites for hydroxylation is 1. The average molecular weight is 284 g/mol. The molecule has 1 aromatic carbocycles. The van der Waals surface area contributed by atoms with Crippen molar-refractivity contribution in [2.24, 2.45) is 7.05 Å². The lowest BCUT2D eigenvalue weighted by atomic mass is 10.2. The zero-order valence-corrected chi connectivity index (χ0v) is 11.2. The molecule has 0 bridgehead atoms. The van der Waals surface area contributed by atoms with Crippen LogP contribution in [-0.4, -0.2) is 25.9 Å². The number of nitrogens with zero attached hydrogens (tertiary/aromatic N) is 3. The Balaban J connectivity index is 1.72. The summed E-state index contributed by atoms with van der Waals surface area (Å²) in [5.41, 5.74) is 2.23. The fraction of sp³-hybridized carbons (Fsp3) is 0.143. The second-order valence-electron chi connectivity index (χ2n) is 4.59. The van der Waals surface area contributed by atoms with Crippen LogP contribution in [0.25, 0.3) is 11.0 Å². The number of H-pyrrole nitrogens is 1. The smallest absolute Gasteiger partial charge is 0.338 e. The summed E-state index contributed by atoms with van der Waals surface area (Å²) in [6, 6.07) is 8.19. The van der Waals surface area contributed by atoms with Gasteiger partial charge in [0.25, 0.3) is 5.56 Å². The number of aromatic nitrogens is 4. The van der Waals surface area contributed by atoms with Crippen molar-refractivity contribution >= 4 is 17.0 Å². The van der Waals surface area contributed by atoms with Crippen LogP contribution in [0.4, 0.5) is 0 Å². The third kappa shape index (κ3) is 2.66. The van der Waals surface area contributed by atoms with Gasteiger partial charge >= 0.3 is 5.97 Å². The van der Waals surface area contributed by atoms with Gasteiger partial charge in [0.05, 0.1) is 5.56 Å². The van der Waals surface area contributed by atoms with Gasteiger partial charge in [-0.25, -0.2) is 4.79 Å². The summed E-state index contributed by atoms with van der Waals surface area (Å²) in [6.07, 6.45) is 1.53. The number of hydrogen-bond acceptors (Lipinski definition) is 5. The van der Waals surface area contributed by atoms with Crippen molar-refractivity contribution in [3.63, 3.8) is 0 Å². The second kappa shape index (κ2) is 5.20. The number of ether oxygens (including phenoxy) is 1. The molecule has 2 aromatic heterocycles.